The number of anilines is 1. The molecule has 0 unspecified atom stereocenters. The highest BCUT2D eigenvalue weighted by molar-refractivity contribution is 5.76. The molecule has 1 saturated carbocycles. The number of aryl methyl sites for hydroxylation is 1. The molecule has 4 nitrogen and oxygen atoms in total. The van der Waals surface area contributed by atoms with Gasteiger partial charge in [-0.25, -0.2) is 0 Å². The molecular formula is C19H30N2O2. The second-order valence-corrected chi connectivity index (χ2v) is 6.57. The Balaban J connectivity index is 1.80. The monoisotopic (exact) mass is 318 g/mol. The Morgan fingerprint density at radius 3 is 2.70 bits per heavy atom. The van der Waals surface area contributed by atoms with Crippen LogP contribution in [0.1, 0.15) is 57.4 Å². The number of hydrogen-bond donors (Lipinski definition) is 2. The molecule has 0 atom stereocenters. The van der Waals surface area contributed by atoms with Crippen molar-refractivity contribution >= 4 is 11.6 Å². The summed E-state index contributed by atoms with van der Waals surface area (Å²) in [4.78, 5) is 12.2. The molecule has 4 heteroatoms. The van der Waals surface area contributed by atoms with Gasteiger partial charge in [-0.2, -0.15) is 0 Å². The van der Waals surface area contributed by atoms with Crippen LogP contribution in [0.2, 0.25) is 0 Å². The fourth-order valence-corrected chi connectivity index (χ4v) is 3.24. The Kier molecular flexibility index (Phi) is 6.90. The SMILES string of the molecule is CCCOC1(CNC(=O)CCc2ccccc2N)CCCCC1. The Labute approximate surface area is 139 Å². The number of amides is 1. The summed E-state index contributed by atoms with van der Waals surface area (Å²) >= 11 is 0. The third kappa shape index (κ3) is 5.54. The van der Waals surface area contributed by atoms with Crippen LogP contribution in [0, 0.1) is 0 Å². The van der Waals surface area contributed by atoms with Gasteiger partial charge in [0, 0.05) is 25.3 Å². The largest absolute Gasteiger partial charge is 0.399 e. The minimum Gasteiger partial charge on any atom is -0.399 e. The zero-order valence-electron chi connectivity index (χ0n) is 14.3. The number of rotatable bonds is 8. The molecular weight excluding hydrogens is 288 g/mol. The molecule has 0 aliphatic heterocycles. The van der Waals surface area contributed by atoms with E-state index in [1.165, 1.54) is 19.3 Å². The highest BCUT2D eigenvalue weighted by atomic mass is 16.5. The van der Waals surface area contributed by atoms with Crippen molar-refractivity contribution in [1.82, 2.24) is 5.32 Å². The summed E-state index contributed by atoms with van der Waals surface area (Å²) < 4.78 is 6.12. The van der Waals surface area contributed by atoms with Gasteiger partial charge in [-0.3, -0.25) is 4.79 Å². The molecule has 0 saturated heterocycles. The first-order valence-electron chi connectivity index (χ1n) is 8.89. The van der Waals surface area contributed by atoms with E-state index in [1.54, 1.807) is 0 Å². The lowest BCUT2D eigenvalue weighted by molar-refractivity contribution is -0.124. The molecule has 1 fully saturated rings. The maximum absolute atomic E-state index is 12.2. The minimum absolute atomic E-state index is 0.0818. The van der Waals surface area contributed by atoms with Crippen molar-refractivity contribution in [3.63, 3.8) is 0 Å². The standard InChI is InChI=1S/C19H30N2O2/c1-2-14-23-19(12-6-3-7-13-19)15-21-18(22)11-10-16-8-4-5-9-17(16)20/h4-5,8-9H,2-3,6-7,10-15,20H2,1H3,(H,21,22). The Morgan fingerprint density at radius 2 is 2.00 bits per heavy atom. The molecule has 23 heavy (non-hydrogen) atoms. The van der Waals surface area contributed by atoms with E-state index in [9.17, 15) is 4.79 Å². The van der Waals surface area contributed by atoms with E-state index in [-0.39, 0.29) is 11.5 Å². The number of nitrogen functional groups attached to an aromatic ring is 1. The van der Waals surface area contributed by atoms with Crippen molar-refractivity contribution in [1.29, 1.82) is 0 Å². The van der Waals surface area contributed by atoms with Crippen molar-refractivity contribution < 1.29 is 9.53 Å². The van der Waals surface area contributed by atoms with Crippen LogP contribution in [-0.4, -0.2) is 24.7 Å². The number of nitrogens with one attached hydrogen (secondary N) is 1. The van der Waals surface area contributed by atoms with Gasteiger partial charge in [0.2, 0.25) is 5.91 Å². The topological polar surface area (TPSA) is 64.3 Å². The van der Waals surface area contributed by atoms with Gasteiger partial charge in [-0.1, -0.05) is 44.4 Å². The summed E-state index contributed by atoms with van der Waals surface area (Å²) in [6.07, 6.45) is 7.94. The van der Waals surface area contributed by atoms with Gasteiger partial charge in [0.05, 0.1) is 5.60 Å². The number of benzene rings is 1. The third-order valence-electron chi connectivity index (χ3n) is 4.66. The maximum Gasteiger partial charge on any atom is 0.220 e. The second-order valence-electron chi connectivity index (χ2n) is 6.57. The summed E-state index contributed by atoms with van der Waals surface area (Å²) in [5.74, 6) is 0.0818. The average Bonchev–Trinajstić information content (AvgIpc) is 2.58. The molecule has 3 N–H and O–H groups in total. The van der Waals surface area contributed by atoms with Crippen LogP contribution in [0.25, 0.3) is 0 Å². The summed E-state index contributed by atoms with van der Waals surface area (Å²) in [5, 5.41) is 3.09. The van der Waals surface area contributed by atoms with Crippen LogP contribution in [0.3, 0.4) is 0 Å². The van der Waals surface area contributed by atoms with Crippen LogP contribution in [0.5, 0.6) is 0 Å². The first-order valence-corrected chi connectivity index (χ1v) is 8.89. The van der Waals surface area contributed by atoms with Crippen LogP contribution in [-0.2, 0) is 16.0 Å². The quantitative estimate of drug-likeness (QED) is 0.722. The smallest absolute Gasteiger partial charge is 0.220 e. The van der Waals surface area contributed by atoms with Gasteiger partial charge in [0.1, 0.15) is 0 Å². The molecule has 0 radical (unpaired) electrons. The number of carbonyl (C=O) groups excluding carboxylic acids is 1. The van der Waals surface area contributed by atoms with Crippen molar-refractivity contribution in [2.75, 3.05) is 18.9 Å². The van der Waals surface area contributed by atoms with E-state index in [0.717, 1.165) is 37.1 Å². The van der Waals surface area contributed by atoms with E-state index in [2.05, 4.69) is 12.2 Å². The minimum atomic E-state index is -0.143. The van der Waals surface area contributed by atoms with Crippen LogP contribution in [0.4, 0.5) is 5.69 Å². The van der Waals surface area contributed by atoms with Gasteiger partial charge < -0.3 is 15.8 Å². The van der Waals surface area contributed by atoms with E-state index in [1.807, 2.05) is 24.3 Å². The molecule has 1 aliphatic carbocycles. The number of carbonyl (C=O) groups is 1. The second kappa shape index (κ2) is 8.92. The number of nitrogens with two attached hydrogens (primary N) is 1. The fraction of sp³-hybridized carbons (Fsp3) is 0.632. The van der Waals surface area contributed by atoms with Gasteiger partial charge in [-0.15, -0.1) is 0 Å². The van der Waals surface area contributed by atoms with Crippen LogP contribution in [0.15, 0.2) is 24.3 Å². The zero-order chi connectivity index (χ0) is 16.5. The number of para-hydroxylation sites is 1. The van der Waals surface area contributed by atoms with Crippen LogP contribution < -0.4 is 11.1 Å². The molecule has 0 heterocycles. The lowest BCUT2D eigenvalue weighted by atomic mass is 9.84. The molecule has 128 valence electrons. The summed E-state index contributed by atoms with van der Waals surface area (Å²) in [5.41, 5.74) is 7.58. The molecule has 1 amide bonds. The Hall–Kier alpha value is -1.55. The summed E-state index contributed by atoms with van der Waals surface area (Å²) in [6, 6.07) is 7.73. The number of hydrogen-bond acceptors (Lipinski definition) is 3. The molecule has 0 aromatic heterocycles. The first kappa shape index (κ1) is 17.8. The molecule has 1 aromatic rings. The van der Waals surface area contributed by atoms with Crippen molar-refractivity contribution in [2.24, 2.45) is 0 Å². The summed E-state index contributed by atoms with van der Waals surface area (Å²) in [7, 11) is 0. The lowest BCUT2D eigenvalue weighted by Crippen LogP contribution is -2.46. The van der Waals surface area contributed by atoms with E-state index >= 15 is 0 Å². The highest BCUT2D eigenvalue weighted by Gasteiger charge is 2.33. The normalized spacial score (nSPS) is 16.9. The first-order chi connectivity index (χ1) is 11.2. The Morgan fingerprint density at radius 1 is 1.26 bits per heavy atom. The van der Waals surface area contributed by atoms with Crippen molar-refractivity contribution in [2.45, 2.75) is 63.9 Å². The predicted molar refractivity (Wildman–Crippen MR) is 94.2 cm³/mol. The molecule has 2 rings (SSSR count). The predicted octanol–water partition coefficient (Wildman–Crippen LogP) is 3.45. The zero-order valence-corrected chi connectivity index (χ0v) is 14.3. The third-order valence-corrected chi connectivity index (χ3v) is 4.66. The number of ether oxygens (including phenoxy) is 1. The van der Waals surface area contributed by atoms with E-state index < -0.39 is 0 Å². The van der Waals surface area contributed by atoms with E-state index in [0.29, 0.717) is 19.4 Å². The lowest BCUT2D eigenvalue weighted by Gasteiger charge is -2.37. The fourth-order valence-electron chi connectivity index (χ4n) is 3.24. The van der Waals surface area contributed by atoms with Gasteiger partial charge >= 0.3 is 0 Å². The molecule has 1 aromatic carbocycles. The molecule has 0 bridgehead atoms. The highest BCUT2D eigenvalue weighted by Crippen LogP contribution is 2.31. The van der Waals surface area contributed by atoms with Crippen LogP contribution >= 0.6 is 0 Å². The van der Waals surface area contributed by atoms with Gasteiger partial charge in [-0.05, 0) is 37.3 Å². The summed E-state index contributed by atoms with van der Waals surface area (Å²) in [6.45, 7) is 3.53. The van der Waals surface area contributed by atoms with Gasteiger partial charge in [0.25, 0.3) is 0 Å². The molecule has 0 spiro atoms. The average molecular weight is 318 g/mol. The van der Waals surface area contributed by atoms with Crippen molar-refractivity contribution in [3.8, 4) is 0 Å². The van der Waals surface area contributed by atoms with E-state index in [4.69, 9.17) is 10.5 Å². The molecule has 1 aliphatic rings. The Bertz CT molecular complexity index is 496. The van der Waals surface area contributed by atoms with Crippen molar-refractivity contribution in [3.05, 3.63) is 29.8 Å². The maximum atomic E-state index is 12.2. The van der Waals surface area contributed by atoms with Gasteiger partial charge in [0.15, 0.2) is 0 Å².